The van der Waals surface area contributed by atoms with Crippen molar-refractivity contribution in [3.63, 3.8) is 0 Å². The van der Waals surface area contributed by atoms with Crippen molar-refractivity contribution in [1.29, 1.82) is 0 Å². The van der Waals surface area contributed by atoms with Gasteiger partial charge in [-0.15, -0.1) is 0 Å². The Bertz CT molecular complexity index is 716. The van der Waals surface area contributed by atoms with Gasteiger partial charge in [-0.2, -0.15) is 0 Å². The molecule has 2 fully saturated rings. The molecule has 25 heavy (non-hydrogen) atoms. The summed E-state index contributed by atoms with van der Waals surface area (Å²) < 4.78 is 4.60. The monoisotopic (exact) mass is 340 g/mol. The molecule has 1 heterocycles. The quantitative estimate of drug-likeness (QED) is 0.508. The van der Waals surface area contributed by atoms with Crippen molar-refractivity contribution >= 4 is 18.1 Å². The number of ether oxygens (including phenoxy) is 1. The number of rotatable bonds is 5. The molecule has 1 aromatic rings. The lowest BCUT2D eigenvalue weighted by Gasteiger charge is -2.54. The highest BCUT2D eigenvalue weighted by atomic mass is 16.5. The van der Waals surface area contributed by atoms with E-state index in [2.05, 4.69) is 34.8 Å². The van der Waals surface area contributed by atoms with Crippen LogP contribution in [0.25, 0.3) is 0 Å². The Morgan fingerprint density at radius 2 is 2.12 bits per heavy atom. The molecule has 0 unspecified atom stereocenters. The summed E-state index contributed by atoms with van der Waals surface area (Å²) in [5.41, 5.74) is 4.23. The summed E-state index contributed by atoms with van der Waals surface area (Å²) >= 11 is 0. The number of carbonyl (C=O) groups excluding carboxylic acids is 2. The molecule has 2 aliphatic carbocycles. The summed E-state index contributed by atoms with van der Waals surface area (Å²) in [4.78, 5) is 24.3. The van der Waals surface area contributed by atoms with Gasteiger partial charge in [0, 0.05) is 24.8 Å². The van der Waals surface area contributed by atoms with Crippen LogP contribution >= 0.6 is 0 Å². The lowest BCUT2D eigenvalue weighted by Crippen LogP contribution is -2.49. The van der Waals surface area contributed by atoms with Gasteiger partial charge in [-0.05, 0) is 60.8 Å². The molecule has 1 spiro atoms. The predicted molar refractivity (Wildman–Crippen MR) is 94.8 cm³/mol. The highest BCUT2D eigenvalue weighted by Gasteiger charge is 2.47. The molecule has 132 valence electrons. The molecule has 1 aliphatic heterocycles. The molecule has 1 amide bonds. The van der Waals surface area contributed by atoms with Gasteiger partial charge in [-0.25, -0.2) is 0 Å². The van der Waals surface area contributed by atoms with Gasteiger partial charge in [-0.3, -0.25) is 9.59 Å². The summed E-state index contributed by atoms with van der Waals surface area (Å²) in [6.07, 6.45) is 7.59. The van der Waals surface area contributed by atoms with E-state index in [1.807, 2.05) is 0 Å². The van der Waals surface area contributed by atoms with E-state index in [4.69, 9.17) is 0 Å². The molecular formula is C20H24N2O3. The van der Waals surface area contributed by atoms with Gasteiger partial charge in [0.15, 0.2) is 5.76 Å². The maximum absolute atomic E-state index is 12.3. The fraction of sp³-hybridized carbons (Fsp3) is 0.500. The maximum atomic E-state index is 12.3. The Morgan fingerprint density at radius 1 is 1.32 bits per heavy atom. The van der Waals surface area contributed by atoms with Crippen LogP contribution in [0.2, 0.25) is 0 Å². The average Bonchev–Trinajstić information content (AvgIpc) is 2.54. The minimum absolute atomic E-state index is 0.118. The number of benzene rings is 1. The minimum Gasteiger partial charge on any atom is -0.423 e. The number of nitrogens with zero attached hydrogens (tertiary/aromatic N) is 1. The van der Waals surface area contributed by atoms with Crippen molar-refractivity contribution in [2.24, 2.45) is 5.41 Å². The number of amides is 1. The SMILES string of the molecule is C=C(OC=O)C(=O)N1CCc2ccc(NC3CC4(CCC4)C3)cc2C1. The second-order valence-electron chi connectivity index (χ2n) is 7.70. The van der Waals surface area contributed by atoms with Crippen LogP contribution in [0.5, 0.6) is 0 Å². The molecule has 1 aromatic carbocycles. The number of hydrogen-bond acceptors (Lipinski definition) is 4. The predicted octanol–water partition coefficient (Wildman–Crippen LogP) is 3.00. The summed E-state index contributed by atoms with van der Waals surface area (Å²) in [7, 11) is 0. The third kappa shape index (κ3) is 3.03. The molecule has 0 atom stereocenters. The molecule has 0 bridgehead atoms. The first kappa shape index (κ1) is 16.2. The van der Waals surface area contributed by atoms with E-state index in [9.17, 15) is 9.59 Å². The van der Waals surface area contributed by atoms with Crippen LogP contribution in [-0.4, -0.2) is 29.9 Å². The van der Waals surface area contributed by atoms with Gasteiger partial charge in [0.1, 0.15) is 0 Å². The molecule has 5 heteroatoms. The first-order valence-electron chi connectivity index (χ1n) is 9.05. The van der Waals surface area contributed by atoms with Crippen LogP contribution in [-0.2, 0) is 27.3 Å². The first-order chi connectivity index (χ1) is 12.1. The lowest BCUT2D eigenvalue weighted by molar-refractivity contribution is -0.137. The zero-order valence-electron chi connectivity index (χ0n) is 14.4. The summed E-state index contributed by atoms with van der Waals surface area (Å²) in [5, 5.41) is 3.65. The minimum atomic E-state index is -0.318. The second kappa shape index (κ2) is 6.21. The third-order valence-electron chi connectivity index (χ3n) is 6.08. The molecule has 0 radical (unpaired) electrons. The number of nitrogens with one attached hydrogen (secondary N) is 1. The third-order valence-corrected chi connectivity index (χ3v) is 6.08. The van der Waals surface area contributed by atoms with Gasteiger partial charge in [0.2, 0.25) is 0 Å². The number of carbonyl (C=O) groups is 2. The molecule has 1 N–H and O–H groups in total. The molecule has 2 saturated carbocycles. The van der Waals surface area contributed by atoms with E-state index in [-0.39, 0.29) is 18.1 Å². The van der Waals surface area contributed by atoms with E-state index < -0.39 is 0 Å². The molecule has 5 nitrogen and oxygen atoms in total. The van der Waals surface area contributed by atoms with Crippen LogP contribution in [0.3, 0.4) is 0 Å². The van der Waals surface area contributed by atoms with Crippen molar-refractivity contribution in [2.75, 3.05) is 11.9 Å². The number of hydrogen-bond donors (Lipinski definition) is 1. The fourth-order valence-electron chi connectivity index (χ4n) is 4.51. The lowest BCUT2D eigenvalue weighted by atomic mass is 9.54. The highest BCUT2D eigenvalue weighted by molar-refractivity contribution is 5.92. The van der Waals surface area contributed by atoms with Crippen molar-refractivity contribution in [3.8, 4) is 0 Å². The fourth-order valence-corrected chi connectivity index (χ4v) is 4.51. The van der Waals surface area contributed by atoms with Crippen molar-refractivity contribution in [3.05, 3.63) is 41.7 Å². The summed E-state index contributed by atoms with van der Waals surface area (Å²) in [5.74, 6) is -0.435. The van der Waals surface area contributed by atoms with Crippen molar-refractivity contribution < 1.29 is 14.3 Å². The van der Waals surface area contributed by atoms with Crippen LogP contribution in [0.4, 0.5) is 5.69 Å². The average molecular weight is 340 g/mol. The Kier molecular flexibility index (Phi) is 4.02. The smallest absolute Gasteiger partial charge is 0.298 e. The van der Waals surface area contributed by atoms with Gasteiger partial charge < -0.3 is 15.0 Å². The van der Waals surface area contributed by atoms with E-state index in [1.165, 1.54) is 37.7 Å². The molecule has 3 aliphatic rings. The van der Waals surface area contributed by atoms with Gasteiger partial charge >= 0.3 is 0 Å². The van der Waals surface area contributed by atoms with Crippen LogP contribution in [0.15, 0.2) is 30.5 Å². The molecule has 0 saturated heterocycles. The zero-order chi connectivity index (χ0) is 17.4. The summed E-state index contributed by atoms with van der Waals surface area (Å²) in [6, 6.07) is 7.05. The first-order valence-corrected chi connectivity index (χ1v) is 9.05. The molecule has 4 rings (SSSR count). The van der Waals surface area contributed by atoms with Crippen LogP contribution < -0.4 is 5.32 Å². The van der Waals surface area contributed by atoms with E-state index >= 15 is 0 Å². The maximum Gasteiger partial charge on any atom is 0.298 e. The zero-order valence-corrected chi connectivity index (χ0v) is 14.4. The molecule has 0 aromatic heterocycles. The Balaban J connectivity index is 1.40. The normalized spacial score (nSPS) is 20.9. The van der Waals surface area contributed by atoms with E-state index in [1.54, 1.807) is 4.90 Å². The number of anilines is 1. The topological polar surface area (TPSA) is 58.6 Å². The standard InChI is InChI=1S/C20H24N2O3/c1-14(25-13-23)19(24)22-8-5-15-3-4-17(9-16(15)12-22)21-18-10-20(11-18)6-2-7-20/h3-4,9,13,18,21H,1-2,5-8,10-12H2. The van der Waals surface area contributed by atoms with Crippen LogP contribution in [0.1, 0.15) is 43.2 Å². The second-order valence-corrected chi connectivity index (χ2v) is 7.70. The number of fused-ring (bicyclic) bond motifs is 1. The largest absolute Gasteiger partial charge is 0.423 e. The summed E-state index contributed by atoms with van der Waals surface area (Å²) in [6.45, 7) is 4.91. The van der Waals surface area contributed by atoms with E-state index in [0.29, 0.717) is 24.5 Å². The van der Waals surface area contributed by atoms with Gasteiger partial charge in [0.05, 0.1) is 0 Å². The van der Waals surface area contributed by atoms with Crippen molar-refractivity contribution in [2.45, 2.75) is 51.1 Å². The van der Waals surface area contributed by atoms with Gasteiger partial charge in [-0.1, -0.05) is 19.1 Å². The Labute approximate surface area is 148 Å². The van der Waals surface area contributed by atoms with Crippen LogP contribution in [0, 0.1) is 5.41 Å². The highest BCUT2D eigenvalue weighted by Crippen LogP contribution is 2.56. The Morgan fingerprint density at radius 3 is 2.80 bits per heavy atom. The van der Waals surface area contributed by atoms with Crippen molar-refractivity contribution in [1.82, 2.24) is 4.90 Å². The Hall–Kier alpha value is -2.30. The molecular weight excluding hydrogens is 316 g/mol. The van der Waals surface area contributed by atoms with E-state index in [0.717, 1.165) is 17.7 Å². The van der Waals surface area contributed by atoms with Gasteiger partial charge in [0.25, 0.3) is 12.4 Å².